The fourth-order valence-electron chi connectivity index (χ4n) is 2.84. The van der Waals surface area contributed by atoms with E-state index < -0.39 is 30.7 Å². The lowest BCUT2D eigenvalue weighted by atomic mass is 9.98. The molecule has 0 spiro atoms. The van der Waals surface area contributed by atoms with Gasteiger partial charge in [0.2, 0.25) is 0 Å². The Morgan fingerprint density at radius 1 is 1.57 bits per heavy atom. The molecule has 9 nitrogen and oxygen atoms in total. The second kappa shape index (κ2) is 5.41. The molecule has 1 aliphatic heterocycles. The van der Waals surface area contributed by atoms with Crippen LogP contribution in [-0.4, -0.2) is 60.7 Å². The van der Waals surface area contributed by atoms with Gasteiger partial charge in [0.25, 0.3) is 0 Å². The molecule has 124 valence electrons. The Morgan fingerprint density at radius 3 is 2.91 bits per heavy atom. The summed E-state index contributed by atoms with van der Waals surface area (Å²) in [5.41, 5.74) is 4.26. The summed E-state index contributed by atoms with van der Waals surface area (Å²) >= 11 is 0. The molecule has 1 fully saturated rings. The highest BCUT2D eigenvalue weighted by Crippen LogP contribution is 2.43. The van der Waals surface area contributed by atoms with Crippen molar-refractivity contribution in [1.82, 2.24) is 14.5 Å². The number of aromatic nitrogens is 3. The van der Waals surface area contributed by atoms with Crippen molar-refractivity contribution in [2.75, 3.05) is 12.3 Å². The number of anilines is 1. The van der Waals surface area contributed by atoms with E-state index in [1.165, 1.54) is 24.0 Å². The van der Waals surface area contributed by atoms with Crippen LogP contribution in [0.5, 0.6) is 0 Å². The summed E-state index contributed by atoms with van der Waals surface area (Å²) in [5.74, 6) is 0.126. The topological polar surface area (TPSA) is 139 Å². The molecule has 0 radical (unpaired) electrons. The lowest BCUT2D eigenvalue weighted by Gasteiger charge is -2.25. The van der Waals surface area contributed by atoms with Crippen molar-refractivity contribution >= 4 is 23.1 Å². The quantitative estimate of drug-likeness (QED) is 0.348. The lowest BCUT2D eigenvalue weighted by Crippen LogP contribution is -2.40. The molecule has 10 heteroatoms. The Labute approximate surface area is 129 Å². The molecule has 2 unspecified atom stereocenters. The second-order valence-corrected chi connectivity index (χ2v) is 5.50. The highest BCUT2D eigenvalue weighted by molar-refractivity contribution is 6.02. The third-order valence-corrected chi connectivity index (χ3v) is 4.01. The van der Waals surface area contributed by atoms with Gasteiger partial charge >= 0.3 is 0 Å². The van der Waals surface area contributed by atoms with Gasteiger partial charge in [-0.25, -0.2) is 14.4 Å². The number of rotatable bonds is 3. The van der Waals surface area contributed by atoms with Gasteiger partial charge in [0.05, 0.1) is 18.2 Å². The molecule has 4 atom stereocenters. The zero-order valence-corrected chi connectivity index (χ0v) is 12.2. The summed E-state index contributed by atoms with van der Waals surface area (Å²) in [4.78, 5) is 7.93. The fourth-order valence-corrected chi connectivity index (χ4v) is 2.84. The van der Waals surface area contributed by atoms with Gasteiger partial charge in [-0.15, -0.1) is 0 Å². The number of hydrogen-bond acceptors (Lipinski definition) is 8. The van der Waals surface area contributed by atoms with Gasteiger partial charge in [0.1, 0.15) is 30.0 Å². The predicted molar refractivity (Wildman–Crippen MR) is 77.8 cm³/mol. The lowest BCUT2D eigenvalue weighted by molar-refractivity contribution is -0.0564. The van der Waals surface area contributed by atoms with Crippen LogP contribution < -0.4 is 5.73 Å². The number of nitrogens with two attached hydrogens (primary N) is 1. The van der Waals surface area contributed by atoms with Crippen LogP contribution in [0.2, 0.25) is 0 Å². The molecule has 0 aromatic carbocycles. The summed E-state index contributed by atoms with van der Waals surface area (Å²) in [6.45, 7) is 0.645. The first-order valence-corrected chi connectivity index (χ1v) is 6.83. The van der Waals surface area contributed by atoms with Gasteiger partial charge in [-0.1, -0.05) is 5.16 Å². The van der Waals surface area contributed by atoms with E-state index in [9.17, 15) is 14.6 Å². The van der Waals surface area contributed by atoms with Crippen LogP contribution in [0.15, 0.2) is 17.7 Å². The maximum atomic E-state index is 15.0. The number of halogens is 1. The Balaban J connectivity index is 2.19. The van der Waals surface area contributed by atoms with E-state index in [1.807, 2.05) is 0 Å². The van der Waals surface area contributed by atoms with E-state index in [2.05, 4.69) is 15.1 Å². The predicted octanol–water partition coefficient (Wildman–Crippen LogP) is -0.200. The largest absolute Gasteiger partial charge is 0.411 e. The Morgan fingerprint density at radius 2 is 2.30 bits per heavy atom. The number of aliphatic hydroxyl groups is 2. The second-order valence-electron chi connectivity index (χ2n) is 5.50. The number of nitrogens with zero attached hydrogens (tertiary/aromatic N) is 4. The van der Waals surface area contributed by atoms with Gasteiger partial charge in [0.15, 0.2) is 11.9 Å². The molecule has 2 aromatic heterocycles. The molecule has 5 N–H and O–H groups in total. The van der Waals surface area contributed by atoms with Crippen LogP contribution >= 0.6 is 0 Å². The van der Waals surface area contributed by atoms with Crippen molar-refractivity contribution in [2.24, 2.45) is 5.16 Å². The number of hydrogen-bond donors (Lipinski definition) is 4. The minimum atomic E-state index is -2.17. The van der Waals surface area contributed by atoms with Crippen molar-refractivity contribution in [1.29, 1.82) is 0 Å². The molecule has 1 aliphatic rings. The van der Waals surface area contributed by atoms with Gasteiger partial charge in [-0.05, 0) is 6.92 Å². The van der Waals surface area contributed by atoms with Crippen molar-refractivity contribution < 1.29 is 24.5 Å². The molecular weight excluding hydrogens is 309 g/mol. The van der Waals surface area contributed by atoms with E-state index in [4.69, 9.17) is 15.7 Å². The average molecular weight is 325 g/mol. The van der Waals surface area contributed by atoms with Crippen molar-refractivity contribution in [3.05, 3.63) is 18.1 Å². The number of ether oxygens (including phenoxy) is 1. The minimum Gasteiger partial charge on any atom is -0.411 e. The Hall–Kier alpha value is -2.30. The van der Waals surface area contributed by atoms with E-state index >= 15 is 0 Å². The van der Waals surface area contributed by atoms with Gasteiger partial charge < -0.3 is 30.5 Å². The van der Waals surface area contributed by atoms with Gasteiger partial charge in [0, 0.05) is 11.8 Å². The first-order chi connectivity index (χ1) is 10.9. The standard InChI is InChI=1S/C13H16FN5O4/c1-13(14)9(21)7(4-20)23-12(13)19-3-6(2-18-22)8-10(15)16-5-17-11(8)19/h2-3,5,7,9,12,20-22H,4H2,1H3,(H2,15,16,17)/b18-2-/t7?,9?,12-,13-/m1/s1. The normalized spacial score (nSPS) is 31.4. The molecule has 23 heavy (non-hydrogen) atoms. The molecule has 0 amide bonds. The van der Waals surface area contributed by atoms with Crippen LogP contribution in [0.1, 0.15) is 18.7 Å². The Bertz CT molecular complexity index is 762. The Kier molecular flexibility index (Phi) is 3.66. The number of aliphatic hydroxyl groups excluding tert-OH is 2. The van der Waals surface area contributed by atoms with Crippen LogP contribution in [0, 0.1) is 0 Å². The molecule has 2 aromatic rings. The van der Waals surface area contributed by atoms with Crippen LogP contribution in [0.25, 0.3) is 11.0 Å². The summed E-state index contributed by atoms with van der Waals surface area (Å²) in [5, 5.41) is 31.3. The van der Waals surface area contributed by atoms with E-state index in [-0.39, 0.29) is 11.5 Å². The molecule has 3 rings (SSSR count). The maximum absolute atomic E-state index is 15.0. The molecule has 1 saturated heterocycles. The molecule has 0 saturated carbocycles. The van der Waals surface area contributed by atoms with E-state index in [1.54, 1.807) is 0 Å². The highest BCUT2D eigenvalue weighted by atomic mass is 19.1. The smallest absolute Gasteiger partial charge is 0.181 e. The summed E-state index contributed by atoms with van der Waals surface area (Å²) < 4.78 is 21.7. The number of oxime groups is 1. The van der Waals surface area contributed by atoms with Crippen LogP contribution in [-0.2, 0) is 4.74 Å². The average Bonchev–Trinajstić information content (AvgIpc) is 2.97. The summed E-state index contributed by atoms with van der Waals surface area (Å²) in [6.07, 6.45) is -0.0654. The third kappa shape index (κ3) is 2.22. The number of alkyl halides is 1. The zero-order valence-electron chi connectivity index (χ0n) is 12.2. The van der Waals surface area contributed by atoms with E-state index in [0.717, 1.165) is 6.21 Å². The fraction of sp³-hybridized carbons (Fsp3) is 0.462. The summed E-state index contributed by atoms with van der Waals surface area (Å²) in [6, 6.07) is 0. The van der Waals surface area contributed by atoms with Crippen molar-refractivity contribution in [2.45, 2.75) is 31.0 Å². The maximum Gasteiger partial charge on any atom is 0.181 e. The third-order valence-electron chi connectivity index (χ3n) is 4.01. The van der Waals surface area contributed by atoms with Gasteiger partial charge in [-0.2, -0.15) is 0 Å². The molecule has 0 aliphatic carbocycles. The van der Waals surface area contributed by atoms with Gasteiger partial charge in [-0.3, -0.25) is 0 Å². The highest BCUT2D eigenvalue weighted by Gasteiger charge is 2.55. The van der Waals surface area contributed by atoms with Crippen LogP contribution in [0.4, 0.5) is 10.2 Å². The monoisotopic (exact) mass is 325 g/mol. The number of fused-ring (bicyclic) bond motifs is 1. The SMILES string of the molecule is C[C@@]1(F)C(O)C(CO)O[C@H]1n1cc(/C=N\O)c2c(N)ncnc21. The minimum absolute atomic E-state index is 0.126. The van der Waals surface area contributed by atoms with Crippen molar-refractivity contribution in [3.63, 3.8) is 0 Å². The van der Waals surface area contributed by atoms with Crippen LogP contribution in [0.3, 0.4) is 0 Å². The summed E-state index contributed by atoms with van der Waals surface area (Å²) in [7, 11) is 0. The van der Waals surface area contributed by atoms with Crippen molar-refractivity contribution in [3.8, 4) is 0 Å². The molecular formula is C13H16FN5O4. The molecule has 0 bridgehead atoms. The number of nitrogen functional groups attached to an aromatic ring is 1. The van der Waals surface area contributed by atoms with E-state index in [0.29, 0.717) is 10.9 Å². The zero-order chi connectivity index (χ0) is 16.8. The molecule has 3 heterocycles. The first kappa shape index (κ1) is 15.6. The first-order valence-electron chi connectivity index (χ1n) is 6.83.